The second-order valence-corrected chi connectivity index (χ2v) is 3.70. The van der Waals surface area contributed by atoms with Crippen molar-refractivity contribution in [3.63, 3.8) is 0 Å². The van der Waals surface area contributed by atoms with Gasteiger partial charge in [0, 0.05) is 18.9 Å². The first kappa shape index (κ1) is 10.7. The molecule has 0 aliphatic carbocycles. The number of aromatic nitrogens is 5. The number of hydrogen-bond donors (Lipinski definition) is 1. The fourth-order valence-electron chi connectivity index (χ4n) is 1.65. The Morgan fingerprint density at radius 3 is 2.94 bits per heavy atom. The number of hydrogen-bond acceptors (Lipinski definition) is 4. The van der Waals surface area contributed by atoms with Gasteiger partial charge in [-0.05, 0) is 6.42 Å². The quantitative estimate of drug-likeness (QED) is 0.805. The second kappa shape index (κ2) is 4.78. The van der Waals surface area contributed by atoms with Crippen molar-refractivity contribution in [3.05, 3.63) is 24.4 Å². The number of nitrogen functional groups attached to an aromatic ring is 1. The van der Waals surface area contributed by atoms with Crippen LogP contribution in [0.5, 0.6) is 0 Å². The highest BCUT2D eigenvalue weighted by molar-refractivity contribution is 5.32. The van der Waals surface area contributed by atoms with Gasteiger partial charge in [-0.15, -0.1) is 5.10 Å². The Labute approximate surface area is 94.1 Å². The van der Waals surface area contributed by atoms with E-state index in [4.69, 9.17) is 5.73 Å². The highest BCUT2D eigenvalue weighted by Gasteiger charge is 2.08. The highest BCUT2D eigenvalue weighted by Crippen LogP contribution is 2.09. The van der Waals surface area contributed by atoms with Gasteiger partial charge in [0.2, 0.25) is 0 Å². The third-order valence-corrected chi connectivity index (χ3v) is 2.48. The first-order valence-corrected chi connectivity index (χ1v) is 5.45. The molecule has 16 heavy (non-hydrogen) atoms. The molecule has 0 spiro atoms. The van der Waals surface area contributed by atoms with E-state index in [9.17, 15) is 0 Å². The first-order chi connectivity index (χ1) is 7.81. The third kappa shape index (κ3) is 2.21. The summed E-state index contributed by atoms with van der Waals surface area (Å²) in [5.41, 5.74) is 6.79. The molecule has 0 fully saturated rings. The van der Waals surface area contributed by atoms with Crippen LogP contribution >= 0.6 is 0 Å². The van der Waals surface area contributed by atoms with E-state index < -0.39 is 0 Å². The van der Waals surface area contributed by atoms with Gasteiger partial charge in [-0.3, -0.25) is 0 Å². The first-order valence-electron chi connectivity index (χ1n) is 5.45. The maximum atomic E-state index is 5.76. The molecule has 2 heterocycles. The Bertz CT molecular complexity index is 430. The van der Waals surface area contributed by atoms with Gasteiger partial charge in [-0.1, -0.05) is 18.6 Å². The molecule has 0 saturated carbocycles. The molecule has 0 amide bonds. The molecule has 0 aromatic carbocycles. The van der Waals surface area contributed by atoms with Crippen LogP contribution in [0.4, 0.5) is 5.82 Å². The van der Waals surface area contributed by atoms with Gasteiger partial charge in [0.15, 0.2) is 5.82 Å². The van der Waals surface area contributed by atoms with Crippen LogP contribution in [0.1, 0.15) is 19.0 Å². The number of nitrogens with zero attached hydrogens (tertiary/aromatic N) is 5. The monoisotopic (exact) mass is 220 g/mol. The van der Waals surface area contributed by atoms with Crippen molar-refractivity contribution in [1.29, 1.82) is 0 Å². The van der Waals surface area contributed by atoms with Gasteiger partial charge >= 0.3 is 0 Å². The van der Waals surface area contributed by atoms with Crippen LogP contribution in [0.2, 0.25) is 0 Å². The van der Waals surface area contributed by atoms with Crippen LogP contribution in [0, 0.1) is 0 Å². The number of aryl methyl sites for hydroxylation is 2. The summed E-state index contributed by atoms with van der Waals surface area (Å²) in [4.78, 5) is 3.99. The van der Waals surface area contributed by atoms with Crippen molar-refractivity contribution >= 4 is 5.82 Å². The van der Waals surface area contributed by atoms with Gasteiger partial charge in [0.25, 0.3) is 0 Å². The molecule has 86 valence electrons. The molecular formula is C10H16N6. The maximum Gasteiger partial charge on any atom is 0.169 e. The molecule has 0 aliphatic rings. The van der Waals surface area contributed by atoms with Crippen LogP contribution < -0.4 is 5.73 Å². The number of nitrogens with two attached hydrogens (primary N) is 1. The molecule has 0 bridgehead atoms. The molecule has 0 saturated heterocycles. The van der Waals surface area contributed by atoms with Gasteiger partial charge in [0.05, 0.1) is 18.6 Å². The zero-order chi connectivity index (χ0) is 11.4. The average Bonchev–Trinajstić information content (AvgIpc) is 2.89. The van der Waals surface area contributed by atoms with E-state index in [0.717, 1.165) is 31.6 Å². The molecule has 0 aliphatic heterocycles. The molecule has 2 aromatic heterocycles. The fraction of sp³-hybridized carbons (Fsp3) is 0.500. The van der Waals surface area contributed by atoms with E-state index in [1.54, 1.807) is 12.5 Å². The number of rotatable bonds is 5. The largest absolute Gasteiger partial charge is 0.381 e. The number of imidazole rings is 1. The lowest BCUT2D eigenvalue weighted by atomic mass is 10.2. The van der Waals surface area contributed by atoms with Gasteiger partial charge in [-0.2, -0.15) is 0 Å². The normalized spacial score (nSPS) is 10.8. The van der Waals surface area contributed by atoms with Crippen LogP contribution in [-0.4, -0.2) is 24.5 Å². The summed E-state index contributed by atoms with van der Waals surface area (Å²) in [6, 6.07) is 0. The summed E-state index contributed by atoms with van der Waals surface area (Å²) in [6.07, 6.45) is 7.45. The smallest absolute Gasteiger partial charge is 0.169 e. The Morgan fingerprint density at radius 2 is 2.25 bits per heavy atom. The summed E-state index contributed by atoms with van der Waals surface area (Å²) in [5.74, 6) is 0.549. The minimum atomic E-state index is 0.549. The van der Waals surface area contributed by atoms with Crippen LogP contribution in [-0.2, 0) is 19.5 Å². The van der Waals surface area contributed by atoms with E-state index >= 15 is 0 Å². The lowest BCUT2D eigenvalue weighted by Crippen LogP contribution is -2.11. The van der Waals surface area contributed by atoms with Crippen molar-refractivity contribution in [1.82, 2.24) is 24.5 Å². The van der Waals surface area contributed by atoms with Crippen molar-refractivity contribution in [2.24, 2.45) is 0 Å². The Morgan fingerprint density at radius 1 is 1.38 bits per heavy atom. The van der Waals surface area contributed by atoms with E-state index in [1.807, 2.05) is 15.4 Å². The molecule has 2 rings (SSSR count). The zero-order valence-corrected chi connectivity index (χ0v) is 9.37. The standard InChI is InChI=1S/C10H16N6/c1-2-3-9-10(11)13-14-16(9)7-6-15-5-4-12-8-15/h4-5,8H,2-3,6-7,11H2,1H3. The average molecular weight is 220 g/mol. The van der Waals surface area contributed by atoms with E-state index in [-0.39, 0.29) is 0 Å². The fourth-order valence-corrected chi connectivity index (χ4v) is 1.65. The predicted molar refractivity (Wildman–Crippen MR) is 60.7 cm³/mol. The van der Waals surface area contributed by atoms with Crippen molar-refractivity contribution in [2.75, 3.05) is 5.73 Å². The van der Waals surface area contributed by atoms with E-state index in [2.05, 4.69) is 22.2 Å². The third-order valence-electron chi connectivity index (χ3n) is 2.48. The topological polar surface area (TPSA) is 74.5 Å². The van der Waals surface area contributed by atoms with Gasteiger partial charge in [0.1, 0.15) is 0 Å². The van der Waals surface area contributed by atoms with E-state index in [1.165, 1.54) is 0 Å². The molecule has 6 heteroatoms. The zero-order valence-electron chi connectivity index (χ0n) is 9.37. The van der Waals surface area contributed by atoms with Crippen LogP contribution in [0.15, 0.2) is 18.7 Å². The highest BCUT2D eigenvalue weighted by atomic mass is 15.4. The van der Waals surface area contributed by atoms with Gasteiger partial charge in [-0.25, -0.2) is 9.67 Å². The SMILES string of the molecule is CCCc1c(N)nnn1CCn1ccnc1. The molecule has 0 unspecified atom stereocenters. The Kier molecular flexibility index (Phi) is 3.19. The molecule has 0 atom stereocenters. The van der Waals surface area contributed by atoms with Crippen molar-refractivity contribution < 1.29 is 0 Å². The predicted octanol–water partition coefficient (Wildman–Crippen LogP) is 0.709. The lowest BCUT2D eigenvalue weighted by Gasteiger charge is -2.06. The van der Waals surface area contributed by atoms with Crippen molar-refractivity contribution in [2.45, 2.75) is 32.9 Å². The molecular weight excluding hydrogens is 204 g/mol. The van der Waals surface area contributed by atoms with Crippen LogP contribution in [0.3, 0.4) is 0 Å². The lowest BCUT2D eigenvalue weighted by molar-refractivity contribution is 0.501. The summed E-state index contributed by atoms with van der Waals surface area (Å²) in [6.45, 7) is 3.72. The Balaban J connectivity index is 2.03. The summed E-state index contributed by atoms with van der Waals surface area (Å²) < 4.78 is 3.88. The Hall–Kier alpha value is -1.85. The molecule has 2 N–H and O–H groups in total. The summed E-state index contributed by atoms with van der Waals surface area (Å²) in [7, 11) is 0. The molecule has 0 radical (unpaired) electrons. The molecule has 6 nitrogen and oxygen atoms in total. The summed E-state index contributed by atoms with van der Waals surface area (Å²) in [5, 5.41) is 7.94. The van der Waals surface area contributed by atoms with Crippen LogP contribution in [0.25, 0.3) is 0 Å². The summed E-state index contributed by atoms with van der Waals surface area (Å²) >= 11 is 0. The van der Waals surface area contributed by atoms with Crippen molar-refractivity contribution in [3.8, 4) is 0 Å². The second-order valence-electron chi connectivity index (χ2n) is 3.70. The van der Waals surface area contributed by atoms with Gasteiger partial charge < -0.3 is 10.3 Å². The minimum absolute atomic E-state index is 0.549. The minimum Gasteiger partial charge on any atom is -0.381 e. The van der Waals surface area contributed by atoms with E-state index in [0.29, 0.717) is 5.82 Å². The molecule has 2 aromatic rings. The maximum absolute atomic E-state index is 5.76. The number of anilines is 1.